The van der Waals surface area contributed by atoms with E-state index in [2.05, 4.69) is 0 Å². The molecule has 0 atom stereocenters. The molecule has 0 aliphatic carbocycles. The number of carbonyl (C=O) groups excluding carboxylic acids is 2. The van der Waals surface area contributed by atoms with Gasteiger partial charge in [0, 0.05) is 11.4 Å². The van der Waals surface area contributed by atoms with Crippen molar-refractivity contribution in [3.8, 4) is 5.75 Å². The Balaban J connectivity index is 1.55. The summed E-state index contributed by atoms with van der Waals surface area (Å²) in [4.78, 5) is 24.7. The Morgan fingerprint density at radius 2 is 1.48 bits per heavy atom. The van der Waals surface area contributed by atoms with Gasteiger partial charge in [-0.05, 0) is 35.7 Å². The second-order valence-corrected chi connectivity index (χ2v) is 6.84. The molecule has 29 heavy (non-hydrogen) atoms. The van der Waals surface area contributed by atoms with Crippen LogP contribution in [-0.4, -0.2) is 18.5 Å². The van der Waals surface area contributed by atoms with Crippen molar-refractivity contribution in [2.75, 3.05) is 6.61 Å². The number of hydrogen-bond acceptors (Lipinski definition) is 4. The zero-order valence-electron chi connectivity index (χ0n) is 15.8. The molecule has 5 heteroatoms. The minimum absolute atomic E-state index is 0.154. The third-order valence-electron chi connectivity index (χ3n) is 4.35. The van der Waals surface area contributed by atoms with Gasteiger partial charge in [-0.25, -0.2) is 4.79 Å². The molecule has 0 spiro atoms. The van der Waals surface area contributed by atoms with E-state index in [9.17, 15) is 9.59 Å². The molecule has 148 valence electrons. The van der Waals surface area contributed by atoms with Crippen LogP contribution in [-0.2, 0) is 22.4 Å². The van der Waals surface area contributed by atoms with Crippen molar-refractivity contribution in [1.82, 2.24) is 0 Å². The number of rotatable bonds is 8. The van der Waals surface area contributed by atoms with Crippen molar-refractivity contribution in [3.05, 3.63) is 101 Å². The van der Waals surface area contributed by atoms with Crippen LogP contribution < -0.4 is 4.74 Å². The topological polar surface area (TPSA) is 52.6 Å². The van der Waals surface area contributed by atoms with Gasteiger partial charge in [0.2, 0.25) is 0 Å². The molecule has 0 saturated carbocycles. The summed E-state index contributed by atoms with van der Waals surface area (Å²) in [5, 5.41) is 0.614. The standard InChI is InChI=1S/C24H21ClO4/c25-21-12-6-4-10-19(21)14-15-23(26)29-22-13-7-5-11-20(22)24(27)28-17-16-18-8-2-1-3-9-18/h1-13H,14-17H2. The summed E-state index contributed by atoms with van der Waals surface area (Å²) >= 11 is 6.11. The van der Waals surface area contributed by atoms with E-state index in [0.717, 1.165) is 11.1 Å². The van der Waals surface area contributed by atoms with E-state index in [1.54, 1.807) is 30.3 Å². The van der Waals surface area contributed by atoms with E-state index in [-0.39, 0.29) is 24.3 Å². The van der Waals surface area contributed by atoms with Crippen LogP contribution in [0, 0.1) is 0 Å². The molecular formula is C24H21ClO4. The van der Waals surface area contributed by atoms with Gasteiger partial charge >= 0.3 is 11.9 Å². The fourth-order valence-electron chi connectivity index (χ4n) is 2.82. The van der Waals surface area contributed by atoms with Crippen molar-refractivity contribution in [2.24, 2.45) is 0 Å². The van der Waals surface area contributed by atoms with Gasteiger partial charge in [-0.2, -0.15) is 0 Å². The maximum absolute atomic E-state index is 12.4. The van der Waals surface area contributed by atoms with E-state index in [4.69, 9.17) is 21.1 Å². The lowest BCUT2D eigenvalue weighted by Crippen LogP contribution is -2.14. The zero-order chi connectivity index (χ0) is 20.5. The molecule has 0 aliphatic heterocycles. The fourth-order valence-corrected chi connectivity index (χ4v) is 3.05. The Hall–Kier alpha value is -3.11. The number of halogens is 1. The highest BCUT2D eigenvalue weighted by Gasteiger charge is 2.16. The molecule has 0 aliphatic rings. The highest BCUT2D eigenvalue weighted by atomic mass is 35.5. The van der Waals surface area contributed by atoms with E-state index < -0.39 is 11.9 Å². The van der Waals surface area contributed by atoms with Crippen LogP contribution in [0.3, 0.4) is 0 Å². The normalized spacial score (nSPS) is 10.4. The number of benzene rings is 3. The third kappa shape index (κ3) is 6.19. The molecule has 3 aromatic carbocycles. The molecule has 3 rings (SSSR count). The maximum Gasteiger partial charge on any atom is 0.341 e. The summed E-state index contributed by atoms with van der Waals surface area (Å²) in [5.41, 5.74) is 2.19. The Morgan fingerprint density at radius 1 is 0.793 bits per heavy atom. The summed E-state index contributed by atoms with van der Waals surface area (Å²) in [7, 11) is 0. The Kier molecular flexibility index (Phi) is 7.42. The molecule has 4 nitrogen and oxygen atoms in total. The first-order chi connectivity index (χ1) is 14.1. The summed E-state index contributed by atoms with van der Waals surface area (Å²) in [6, 6.07) is 23.7. The largest absolute Gasteiger partial charge is 0.462 e. The van der Waals surface area contributed by atoms with Crippen LogP contribution in [0.25, 0.3) is 0 Å². The quantitative estimate of drug-likeness (QED) is 0.376. The molecule has 0 aromatic heterocycles. The van der Waals surface area contributed by atoms with Crippen LogP contribution in [0.1, 0.15) is 27.9 Å². The van der Waals surface area contributed by atoms with Gasteiger partial charge in [0.1, 0.15) is 11.3 Å². The molecule has 0 heterocycles. The molecule has 0 fully saturated rings. The lowest BCUT2D eigenvalue weighted by molar-refractivity contribution is -0.134. The predicted octanol–water partition coefficient (Wildman–Crippen LogP) is 5.28. The maximum atomic E-state index is 12.4. The van der Waals surface area contributed by atoms with Crippen LogP contribution >= 0.6 is 11.6 Å². The Bertz CT molecular complexity index is 969. The third-order valence-corrected chi connectivity index (χ3v) is 4.72. The van der Waals surface area contributed by atoms with E-state index in [0.29, 0.717) is 17.9 Å². The van der Waals surface area contributed by atoms with Crippen molar-refractivity contribution in [1.29, 1.82) is 0 Å². The first-order valence-electron chi connectivity index (χ1n) is 9.37. The number of esters is 2. The molecular weight excluding hydrogens is 388 g/mol. The van der Waals surface area contributed by atoms with Crippen molar-refractivity contribution >= 4 is 23.5 Å². The SMILES string of the molecule is O=C(CCc1ccccc1Cl)Oc1ccccc1C(=O)OCCc1ccccc1. The van der Waals surface area contributed by atoms with Crippen LogP contribution in [0.5, 0.6) is 5.75 Å². The van der Waals surface area contributed by atoms with E-state index in [1.807, 2.05) is 48.5 Å². The first kappa shape index (κ1) is 20.6. The minimum Gasteiger partial charge on any atom is -0.462 e. The monoisotopic (exact) mass is 408 g/mol. The number of ether oxygens (including phenoxy) is 2. The predicted molar refractivity (Wildman–Crippen MR) is 112 cm³/mol. The van der Waals surface area contributed by atoms with Crippen molar-refractivity contribution < 1.29 is 19.1 Å². The summed E-state index contributed by atoms with van der Waals surface area (Å²) in [5.74, 6) is -0.758. The molecule has 3 aromatic rings. The van der Waals surface area contributed by atoms with Gasteiger partial charge < -0.3 is 9.47 Å². The second kappa shape index (κ2) is 10.4. The number of hydrogen-bond donors (Lipinski definition) is 0. The van der Waals surface area contributed by atoms with Crippen molar-refractivity contribution in [2.45, 2.75) is 19.3 Å². The number of aryl methyl sites for hydroxylation is 1. The average molecular weight is 409 g/mol. The molecule has 0 bridgehead atoms. The Labute approximate surface area is 175 Å². The summed E-state index contributed by atoms with van der Waals surface area (Å²) in [6.45, 7) is 0.248. The molecule has 0 N–H and O–H groups in total. The molecule has 0 amide bonds. The number of para-hydroxylation sites is 1. The van der Waals surface area contributed by atoms with Gasteiger partial charge in [-0.3, -0.25) is 4.79 Å². The number of carbonyl (C=O) groups is 2. The molecule has 0 saturated heterocycles. The highest BCUT2D eigenvalue weighted by molar-refractivity contribution is 6.31. The summed E-state index contributed by atoms with van der Waals surface area (Å²) < 4.78 is 10.8. The van der Waals surface area contributed by atoms with Crippen LogP contribution in [0.15, 0.2) is 78.9 Å². The zero-order valence-corrected chi connectivity index (χ0v) is 16.6. The van der Waals surface area contributed by atoms with Crippen molar-refractivity contribution in [3.63, 3.8) is 0 Å². The summed E-state index contributed by atoms with van der Waals surface area (Å²) in [6.07, 6.45) is 1.23. The lowest BCUT2D eigenvalue weighted by Gasteiger charge is -2.10. The lowest BCUT2D eigenvalue weighted by atomic mass is 10.1. The van der Waals surface area contributed by atoms with Gasteiger partial charge in [-0.1, -0.05) is 72.3 Å². The minimum atomic E-state index is -0.518. The van der Waals surface area contributed by atoms with Gasteiger partial charge in [0.25, 0.3) is 0 Å². The van der Waals surface area contributed by atoms with Crippen LogP contribution in [0.4, 0.5) is 0 Å². The van der Waals surface area contributed by atoms with Gasteiger partial charge in [0.15, 0.2) is 0 Å². The van der Waals surface area contributed by atoms with E-state index >= 15 is 0 Å². The van der Waals surface area contributed by atoms with Gasteiger partial charge in [-0.15, -0.1) is 0 Å². The molecule has 0 radical (unpaired) electrons. The van der Waals surface area contributed by atoms with E-state index in [1.165, 1.54) is 0 Å². The second-order valence-electron chi connectivity index (χ2n) is 6.43. The van der Waals surface area contributed by atoms with Gasteiger partial charge in [0.05, 0.1) is 13.0 Å². The fraction of sp³-hybridized carbons (Fsp3) is 0.167. The average Bonchev–Trinajstić information content (AvgIpc) is 2.74. The molecule has 0 unspecified atom stereocenters. The smallest absolute Gasteiger partial charge is 0.341 e. The Morgan fingerprint density at radius 3 is 2.28 bits per heavy atom. The van der Waals surface area contributed by atoms with Crippen LogP contribution in [0.2, 0.25) is 5.02 Å². The first-order valence-corrected chi connectivity index (χ1v) is 9.75. The highest BCUT2D eigenvalue weighted by Crippen LogP contribution is 2.21.